The zero-order valence-electron chi connectivity index (χ0n) is 15.0. The van der Waals surface area contributed by atoms with Crippen molar-refractivity contribution in [1.82, 2.24) is 9.97 Å². The normalized spacial score (nSPS) is 11.3. The van der Waals surface area contributed by atoms with Crippen LogP contribution in [0.2, 0.25) is 0 Å². The summed E-state index contributed by atoms with van der Waals surface area (Å²) in [5, 5.41) is 0. The van der Waals surface area contributed by atoms with E-state index in [1.54, 1.807) is 43.3 Å². The first-order valence-electron chi connectivity index (χ1n) is 8.31. The molecule has 0 bridgehead atoms. The zero-order valence-corrected chi connectivity index (χ0v) is 15.0. The fourth-order valence-electron chi connectivity index (χ4n) is 2.27. The Morgan fingerprint density at radius 2 is 1.81 bits per heavy atom. The Morgan fingerprint density at radius 1 is 1.12 bits per heavy atom. The molecular formula is C18H22F3N3O2. The van der Waals surface area contributed by atoms with Gasteiger partial charge in [-0.15, -0.1) is 0 Å². The van der Waals surface area contributed by atoms with Crippen LogP contribution < -0.4 is 14.4 Å². The maximum Gasteiger partial charge on any atom is 0.423 e. The number of nitrogens with zero attached hydrogens (tertiary/aromatic N) is 3. The molecule has 0 radical (unpaired) electrons. The van der Waals surface area contributed by atoms with Gasteiger partial charge in [-0.3, -0.25) is 0 Å². The van der Waals surface area contributed by atoms with Gasteiger partial charge in [0.05, 0.1) is 13.7 Å². The highest BCUT2D eigenvalue weighted by atomic mass is 19.4. The Labute approximate surface area is 150 Å². The number of benzene rings is 1. The lowest BCUT2D eigenvalue weighted by atomic mass is 10.2. The minimum Gasteiger partial charge on any atom is -0.497 e. The summed E-state index contributed by atoms with van der Waals surface area (Å²) >= 11 is 0. The molecule has 0 saturated carbocycles. The fourth-order valence-corrected chi connectivity index (χ4v) is 2.27. The summed E-state index contributed by atoms with van der Waals surface area (Å²) in [6, 6.07) is 7.03. The van der Waals surface area contributed by atoms with E-state index in [9.17, 15) is 13.2 Å². The minimum atomic E-state index is -4.57. The second-order valence-corrected chi connectivity index (χ2v) is 5.70. The third kappa shape index (κ3) is 5.00. The van der Waals surface area contributed by atoms with Crippen LogP contribution in [0.5, 0.6) is 11.6 Å². The molecular weight excluding hydrogens is 347 g/mol. The van der Waals surface area contributed by atoms with Crippen LogP contribution in [-0.2, 0) is 6.18 Å². The summed E-state index contributed by atoms with van der Waals surface area (Å²) in [7, 11) is 3.23. The molecule has 8 heteroatoms. The summed E-state index contributed by atoms with van der Waals surface area (Å²) in [5.41, 5.74) is -0.261. The minimum absolute atomic E-state index is 0.119. The summed E-state index contributed by atoms with van der Waals surface area (Å²) in [5.74, 6) is 0.350. The molecule has 0 N–H and O–H groups in total. The van der Waals surface area contributed by atoms with Gasteiger partial charge in [0.1, 0.15) is 11.3 Å². The highest BCUT2D eigenvalue weighted by Gasteiger charge is 2.36. The van der Waals surface area contributed by atoms with E-state index in [0.29, 0.717) is 17.9 Å². The van der Waals surface area contributed by atoms with Crippen LogP contribution in [0.4, 0.5) is 24.8 Å². The Kier molecular flexibility index (Phi) is 6.65. The Balaban J connectivity index is 2.27. The zero-order chi connectivity index (χ0) is 19.2. The van der Waals surface area contributed by atoms with Crippen molar-refractivity contribution in [3.8, 4) is 11.6 Å². The van der Waals surface area contributed by atoms with E-state index in [4.69, 9.17) is 9.47 Å². The SMILES string of the molecule is CCCCCOc1nc(N(C)c2ccc(OC)cc2)ncc1C(F)(F)F. The van der Waals surface area contributed by atoms with Gasteiger partial charge < -0.3 is 14.4 Å². The highest BCUT2D eigenvalue weighted by Crippen LogP contribution is 2.36. The van der Waals surface area contributed by atoms with Gasteiger partial charge in [0.15, 0.2) is 0 Å². The number of rotatable bonds is 8. The number of hydrogen-bond donors (Lipinski definition) is 0. The van der Waals surface area contributed by atoms with Gasteiger partial charge in [-0.05, 0) is 30.7 Å². The molecule has 26 heavy (non-hydrogen) atoms. The summed E-state index contributed by atoms with van der Waals surface area (Å²) in [4.78, 5) is 9.43. The lowest BCUT2D eigenvalue weighted by Gasteiger charge is -2.20. The molecule has 0 atom stereocenters. The fraction of sp³-hybridized carbons (Fsp3) is 0.444. The van der Waals surface area contributed by atoms with Crippen LogP contribution in [0.1, 0.15) is 31.7 Å². The molecule has 0 spiro atoms. The number of anilines is 2. The second kappa shape index (κ2) is 8.73. The molecule has 2 aromatic rings. The predicted molar refractivity (Wildman–Crippen MR) is 93.1 cm³/mol. The first-order valence-corrected chi connectivity index (χ1v) is 8.31. The van der Waals surface area contributed by atoms with Crippen LogP contribution in [0.3, 0.4) is 0 Å². The maximum absolute atomic E-state index is 13.2. The van der Waals surface area contributed by atoms with Crippen LogP contribution in [0.15, 0.2) is 30.5 Å². The topological polar surface area (TPSA) is 47.5 Å². The molecule has 0 saturated heterocycles. The molecule has 1 aromatic heterocycles. The molecule has 142 valence electrons. The van der Waals surface area contributed by atoms with Crippen molar-refractivity contribution in [2.75, 3.05) is 25.7 Å². The third-order valence-electron chi connectivity index (χ3n) is 3.79. The third-order valence-corrected chi connectivity index (χ3v) is 3.79. The van der Waals surface area contributed by atoms with E-state index in [1.807, 2.05) is 6.92 Å². The van der Waals surface area contributed by atoms with Crippen molar-refractivity contribution < 1.29 is 22.6 Å². The van der Waals surface area contributed by atoms with Gasteiger partial charge in [0.25, 0.3) is 0 Å². The van der Waals surface area contributed by atoms with E-state index < -0.39 is 17.6 Å². The first-order chi connectivity index (χ1) is 12.4. The summed E-state index contributed by atoms with van der Waals surface area (Å²) in [6.45, 7) is 2.19. The predicted octanol–water partition coefficient (Wildman–Crippen LogP) is 4.84. The standard InChI is InChI=1S/C18H22F3N3O2/c1-4-5-6-11-26-16-15(18(19,20)21)12-22-17(23-16)24(2)13-7-9-14(25-3)10-8-13/h7-10,12H,4-6,11H2,1-3H3. The Bertz CT molecular complexity index is 706. The van der Waals surface area contributed by atoms with Crippen molar-refractivity contribution in [2.24, 2.45) is 0 Å². The monoisotopic (exact) mass is 369 g/mol. The van der Waals surface area contributed by atoms with Crippen LogP contribution in [0, 0.1) is 0 Å². The molecule has 0 aliphatic heterocycles. The molecule has 0 unspecified atom stereocenters. The van der Waals surface area contributed by atoms with Gasteiger partial charge in [0, 0.05) is 18.9 Å². The smallest absolute Gasteiger partial charge is 0.423 e. The average molecular weight is 369 g/mol. The largest absolute Gasteiger partial charge is 0.497 e. The van der Waals surface area contributed by atoms with Crippen molar-refractivity contribution >= 4 is 11.6 Å². The molecule has 2 rings (SSSR count). The summed E-state index contributed by atoms with van der Waals surface area (Å²) in [6.07, 6.45) is -1.31. The number of hydrogen-bond acceptors (Lipinski definition) is 5. The number of alkyl halides is 3. The van der Waals surface area contributed by atoms with Gasteiger partial charge in [-0.1, -0.05) is 19.8 Å². The molecule has 0 aliphatic rings. The quantitative estimate of drug-likeness (QED) is 0.623. The molecule has 1 heterocycles. The molecule has 0 aliphatic carbocycles. The number of aromatic nitrogens is 2. The van der Waals surface area contributed by atoms with Gasteiger partial charge in [-0.25, -0.2) is 4.98 Å². The average Bonchev–Trinajstić information content (AvgIpc) is 2.63. The Morgan fingerprint density at radius 3 is 2.38 bits per heavy atom. The molecule has 0 fully saturated rings. The van der Waals surface area contributed by atoms with Crippen molar-refractivity contribution in [2.45, 2.75) is 32.4 Å². The number of halogens is 3. The Hall–Kier alpha value is -2.51. The van der Waals surface area contributed by atoms with Crippen molar-refractivity contribution in [3.05, 3.63) is 36.0 Å². The number of unbranched alkanes of at least 4 members (excludes halogenated alkanes) is 2. The second-order valence-electron chi connectivity index (χ2n) is 5.70. The van der Waals surface area contributed by atoms with Crippen molar-refractivity contribution in [3.63, 3.8) is 0 Å². The van der Waals surface area contributed by atoms with Crippen LogP contribution in [0.25, 0.3) is 0 Å². The van der Waals surface area contributed by atoms with Crippen molar-refractivity contribution in [1.29, 1.82) is 0 Å². The van der Waals surface area contributed by atoms with Gasteiger partial charge in [-0.2, -0.15) is 18.2 Å². The molecule has 1 aromatic carbocycles. The van der Waals surface area contributed by atoms with E-state index in [1.165, 1.54) is 0 Å². The van der Waals surface area contributed by atoms with E-state index >= 15 is 0 Å². The maximum atomic E-state index is 13.2. The van der Waals surface area contributed by atoms with Crippen LogP contribution >= 0.6 is 0 Å². The van der Waals surface area contributed by atoms with Gasteiger partial charge >= 0.3 is 6.18 Å². The van der Waals surface area contributed by atoms with Gasteiger partial charge in [0.2, 0.25) is 11.8 Å². The lowest BCUT2D eigenvalue weighted by Crippen LogP contribution is -2.17. The van der Waals surface area contributed by atoms with E-state index in [2.05, 4.69) is 9.97 Å². The highest BCUT2D eigenvalue weighted by molar-refractivity contribution is 5.58. The molecule has 5 nitrogen and oxygen atoms in total. The molecule has 0 amide bonds. The van der Waals surface area contributed by atoms with E-state index in [0.717, 1.165) is 19.0 Å². The lowest BCUT2D eigenvalue weighted by molar-refractivity contribution is -0.139. The van der Waals surface area contributed by atoms with Crippen LogP contribution in [-0.4, -0.2) is 30.7 Å². The summed E-state index contributed by atoms with van der Waals surface area (Å²) < 4.78 is 49.9. The number of ether oxygens (including phenoxy) is 2. The first kappa shape index (κ1) is 19.8. The number of methoxy groups -OCH3 is 1. The van der Waals surface area contributed by atoms with E-state index in [-0.39, 0.29) is 12.6 Å².